The van der Waals surface area contributed by atoms with E-state index in [0.29, 0.717) is 12.2 Å². The number of primary amides is 1. The number of nitrogens with one attached hydrogen (secondary N) is 1. The molecule has 0 spiro atoms. The van der Waals surface area contributed by atoms with E-state index in [0.717, 1.165) is 37.2 Å². The summed E-state index contributed by atoms with van der Waals surface area (Å²) in [4.78, 5) is 13.6. The summed E-state index contributed by atoms with van der Waals surface area (Å²) in [5, 5.41) is 3.47. The molecule has 2 aliphatic rings. The standard InChI is InChI=1S/C16H23N3O2/c17-16(20)12-2-4-14(5-3-12)21-9-1-7-19-8-6-13-10-18-11-15(13)19/h2-5,13,15,18H,1,6-11H2,(H2,17,20). The lowest BCUT2D eigenvalue weighted by molar-refractivity contribution is 0.100. The van der Waals surface area contributed by atoms with Crippen LogP contribution in [0.1, 0.15) is 23.2 Å². The molecule has 2 unspecified atom stereocenters. The van der Waals surface area contributed by atoms with Crippen molar-refractivity contribution >= 4 is 5.91 Å². The molecule has 1 amide bonds. The molecule has 1 aromatic rings. The minimum Gasteiger partial charge on any atom is -0.494 e. The smallest absolute Gasteiger partial charge is 0.248 e. The van der Waals surface area contributed by atoms with E-state index >= 15 is 0 Å². The predicted molar refractivity (Wildman–Crippen MR) is 81.4 cm³/mol. The van der Waals surface area contributed by atoms with E-state index in [1.165, 1.54) is 19.5 Å². The van der Waals surface area contributed by atoms with Gasteiger partial charge in [0.05, 0.1) is 6.61 Å². The molecule has 0 radical (unpaired) electrons. The van der Waals surface area contributed by atoms with Crippen molar-refractivity contribution in [2.24, 2.45) is 11.7 Å². The van der Waals surface area contributed by atoms with Gasteiger partial charge in [-0.1, -0.05) is 0 Å². The first-order chi connectivity index (χ1) is 10.2. The van der Waals surface area contributed by atoms with Crippen molar-refractivity contribution in [1.82, 2.24) is 10.2 Å². The molecule has 2 fully saturated rings. The number of carbonyl (C=O) groups is 1. The summed E-state index contributed by atoms with van der Waals surface area (Å²) in [6.45, 7) is 5.35. The summed E-state index contributed by atoms with van der Waals surface area (Å²) in [5.74, 6) is 1.24. The third kappa shape index (κ3) is 3.36. The third-order valence-electron chi connectivity index (χ3n) is 4.56. The molecule has 0 saturated carbocycles. The van der Waals surface area contributed by atoms with Crippen molar-refractivity contribution in [3.8, 4) is 5.75 Å². The zero-order valence-electron chi connectivity index (χ0n) is 12.3. The van der Waals surface area contributed by atoms with Crippen LogP contribution in [0.25, 0.3) is 0 Å². The largest absolute Gasteiger partial charge is 0.494 e. The summed E-state index contributed by atoms with van der Waals surface area (Å²) >= 11 is 0. The van der Waals surface area contributed by atoms with Gasteiger partial charge in [-0.05, 0) is 56.1 Å². The number of fused-ring (bicyclic) bond motifs is 1. The number of rotatable bonds is 6. The van der Waals surface area contributed by atoms with Crippen LogP contribution in [0.2, 0.25) is 0 Å². The molecule has 5 heteroatoms. The Morgan fingerprint density at radius 1 is 1.33 bits per heavy atom. The van der Waals surface area contributed by atoms with Gasteiger partial charge in [0, 0.05) is 24.7 Å². The third-order valence-corrected chi connectivity index (χ3v) is 4.56. The van der Waals surface area contributed by atoms with Crippen molar-refractivity contribution in [2.75, 3.05) is 32.8 Å². The molecule has 3 rings (SSSR count). The van der Waals surface area contributed by atoms with Gasteiger partial charge in [0.25, 0.3) is 0 Å². The highest BCUT2D eigenvalue weighted by Crippen LogP contribution is 2.26. The van der Waals surface area contributed by atoms with E-state index in [9.17, 15) is 4.79 Å². The van der Waals surface area contributed by atoms with Crippen molar-refractivity contribution < 1.29 is 9.53 Å². The fourth-order valence-electron chi connectivity index (χ4n) is 3.39. The second-order valence-electron chi connectivity index (χ2n) is 5.90. The Hall–Kier alpha value is -1.59. The molecule has 114 valence electrons. The molecule has 1 aromatic carbocycles. The van der Waals surface area contributed by atoms with Gasteiger partial charge in [-0.15, -0.1) is 0 Å². The fourth-order valence-corrected chi connectivity index (χ4v) is 3.39. The summed E-state index contributed by atoms with van der Waals surface area (Å²) in [7, 11) is 0. The van der Waals surface area contributed by atoms with Crippen molar-refractivity contribution in [3.63, 3.8) is 0 Å². The molecule has 0 aliphatic carbocycles. The lowest BCUT2D eigenvalue weighted by atomic mass is 10.1. The Labute approximate surface area is 125 Å². The van der Waals surface area contributed by atoms with E-state index in [-0.39, 0.29) is 0 Å². The summed E-state index contributed by atoms with van der Waals surface area (Å²) in [5.41, 5.74) is 5.72. The predicted octanol–water partition coefficient (Wildman–Crippen LogP) is 0.848. The summed E-state index contributed by atoms with van der Waals surface area (Å²) in [6, 6.07) is 7.74. The molecule has 2 heterocycles. The maximum absolute atomic E-state index is 11.0. The van der Waals surface area contributed by atoms with Crippen LogP contribution in [0.15, 0.2) is 24.3 Å². The Morgan fingerprint density at radius 2 is 2.14 bits per heavy atom. The van der Waals surface area contributed by atoms with E-state index in [4.69, 9.17) is 10.5 Å². The van der Waals surface area contributed by atoms with Crippen molar-refractivity contribution in [1.29, 1.82) is 0 Å². The van der Waals surface area contributed by atoms with E-state index in [1.807, 2.05) is 0 Å². The zero-order chi connectivity index (χ0) is 14.7. The normalized spacial score (nSPS) is 25.0. The van der Waals surface area contributed by atoms with Gasteiger partial charge in [-0.3, -0.25) is 9.69 Å². The number of ether oxygens (including phenoxy) is 1. The average Bonchev–Trinajstić information content (AvgIpc) is 3.08. The number of hydrogen-bond acceptors (Lipinski definition) is 4. The fraction of sp³-hybridized carbons (Fsp3) is 0.562. The summed E-state index contributed by atoms with van der Waals surface area (Å²) < 4.78 is 5.72. The van der Waals surface area contributed by atoms with Crippen LogP contribution >= 0.6 is 0 Å². The zero-order valence-corrected chi connectivity index (χ0v) is 12.3. The second-order valence-corrected chi connectivity index (χ2v) is 5.90. The highest BCUT2D eigenvalue weighted by atomic mass is 16.5. The number of amides is 1. The molecule has 0 aromatic heterocycles. The number of nitrogens with two attached hydrogens (primary N) is 1. The lowest BCUT2D eigenvalue weighted by Gasteiger charge is -2.22. The van der Waals surface area contributed by atoms with Crippen molar-refractivity contribution in [2.45, 2.75) is 18.9 Å². The van der Waals surface area contributed by atoms with Gasteiger partial charge in [0.2, 0.25) is 5.91 Å². The SMILES string of the molecule is NC(=O)c1ccc(OCCCN2CCC3CNCC32)cc1. The first-order valence-electron chi connectivity index (χ1n) is 7.71. The number of likely N-dealkylation sites (tertiary alicyclic amines) is 1. The molecule has 21 heavy (non-hydrogen) atoms. The Balaban J connectivity index is 1.39. The number of benzene rings is 1. The van der Waals surface area contributed by atoms with Gasteiger partial charge in [-0.25, -0.2) is 0 Å². The summed E-state index contributed by atoms with van der Waals surface area (Å²) in [6.07, 6.45) is 2.36. The van der Waals surface area contributed by atoms with E-state index in [2.05, 4.69) is 10.2 Å². The maximum atomic E-state index is 11.0. The molecule has 3 N–H and O–H groups in total. The van der Waals surface area contributed by atoms with Crippen LogP contribution in [-0.4, -0.2) is 49.6 Å². The molecule has 2 atom stereocenters. The van der Waals surface area contributed by atoms with Gasteiger partial charge < -0.3 is 15.8 Å². The molecule has 2 saturated heterocycles. The molecular formula is C16H23N3O2. The van der Waals surface area contributed by atoms with Gasteiger partial charge in [-0.2, -0.15) is 0 Å². The number of nitrogens with zero attached hydrogens (tertiary/aromatic N) is 1. The van der Waals surface area contributed by atoms with Crippen LogP contribution in [0.3, 0.4) is 0 Å². The van der Waals surface area contributed by atoms with Crippen LogP contribution in [0.5, 0.6) is 5.75 Å². The van der Waals surface area contributed by atoms with Crippen LogP contribution in [-0.2, 0) is 0 Å². The van der Waals surface area contributed by atoms with E-state index in [1.54, 1.807) is 24.3 Å². The number of hydrogen-bond donors (Lipinski definition) is 2. The Morgan fingerprint density at radius 3 is 2.90 bits per heavy atom. The highest BCUT2D eigenvalue weighted by molar-refractivity contribution is 5.92. The topological polar surface area (TPSA) is 67.6 Å². The minimum atomic E-state index is -0.407. The average molecular weight is 289 g/mol. The molecular weight excluding hydrogens is 266 g/mol. The van der Waals surface area contributed by atoms with Gasteiger partial charge in [0.1, 0.15) is 5.75 Å². The first-order valence-corrected chi connectivity index (χ1v) is 7.71. The van der Waals surface area contributed by atoms with Crippen LogP contribution in [0.4, 0.5) is 0 Å². The second kappa shape index (κ2) is 6.45. The van der Waals surface area contributed by atoms with Gasteiger partial charge in [0.15, 0.2) is 0 Å². The van der Waals surface area contributed by atoms with Crippen molar-refractivity contribution in [3.05, 3.63) is 29.8 Å². The van der Waals surface area contributed by atoms with E-state index < -0.39 is 5.91 Å². The van der Waals surface area contributed by atoms with Crippen LogP contribution in [0, 0.1) is 5.92 Å². The monoisotopic (exact) mass is 289 g/mol. The maximum Gasteiger partial charge on any atom is 0.248 e. The molecule has 2 aliphatic heterocycles. The van der Waals surface area contributed by atoms with Gasteiger partial charge >= 0.3 is 0 Å². The Bertz CT molecular complexity index is 489. The highest BCUT2D eigenvalue weighted by Gasteiger charge is 2.36. The Kier molecular flexibility index (Phi) is 4.41. The number of carbonyl (C=O) groups excluding carboxylic acids is 1. The quantitative estimate of drug-likeness (QED) is 0.762. The molecule has 0 bridgehead atoms. The molecule has 5 nitrogen and oxygen atoms in total. The lowest BCUT2D eigenvalue weighted by Crippen LogP contribution is -2.35. The van der Waals surface area contributed by atoms with Crippen LogP contribution < -0.4 is 15.8 Å². The first kappa shape index (κ1) is 14.4. The minimum absolute atomic E-state index is 0.407.